The Morgan fingerprint density at radius 1 is 0.333 bits per heavy atom. The number of allylic oxidation sites excluding steroid dienone is 2. The zero-order valence-electron chi connectivity index (χ0n) is 10.3. The van der Waals surface area contributed by atoms with Crippen molar-refractivity contribution >= 4 is 0 Å². The van der Waals surface area contributed by atoms with Crippen LogP contribution >= 0.6 is 0 Å². The van der Waals surface area contributed by atoms with Crippen molar-refractivity contribution in [3.05, 3.63) is 12.2 Å². The molecule has 0 atom stereocenters. The van der Waals surface area contributed by atoms with Crippen LogP contribution in [0.5, 0.6) is 0 Å². The molecule has 1 aliphatic carbocycles. The SMILES string of the molecule is C1=CCCCCCCCCCCCCC1. The van der Waals surface area contributed by atoms with E-state index in [9.17, 15) is 0 Å². The van der Waals surface area contributed by atoms with Gasteiger partial charge in [-0.3, -0.25) is 0 Å². The van der Waals surface area contributed by atoms with Crippen LogP contribution in [-0.2, 0) is 0 Å². The van der Waals surface area contributed by atoms with Gasteiger partial charge in [-0.15, -0.1) is 0 Å². The van der Waals surface area contributed by atoms with Gasteiger partial charge < -0.3 is 0 Å². The third-order valence-corrected chi connectivity index (χ3v) is 3.41. The molecule has 0 spiro atoms. The normalized spacial score (nSPS) is 22.9. The molecule has 0 aromatic carbocycles. The van der Waals surface area contributed by atoms with Gasteiger partial charge in [0.1, 0.15) is 0 Å². The predicted octanol–water partition coefficient (Wildman–Crippen LogP) is 5.63. The molecule has 0 radical (unpaired) electrons. The Morgan fingerprint density at radius 3 is 0.933 bits per heavy atom. The number of rotatable bonds is 0. The third-order valence-electron chi connectivity index (χ3n) is 3.41. The Morgan fingerprint density at radius 2 is 0.600 bits per heavy atom. The van der Waals surface area contributed by atoms with Crippen LogP contribution in [0.2, 0.25) is 0 Å². The summed E-state index contributed by atoms with van der Waals surface area (Å²) in [4.78, 5) is 0. The van der Waals surface area contributed by atoms with Gasteiger partial charge in [-0.05, 0) is 25.7 Å². The smallest absolute Gasteiger partial charge is 0.0351 e. The first-order valence-electron chi connectivity index (χ1n) is 7.15. The maximum absolute atomic E-state index is 2.40. The standard InChI is InChI=1S/C15H28/c1-2-4-6-8-10-12-14-15-13-11-9-7-5-3-1/h1-2H,3-15H2. The molecule has 0 heterocycles. The number of hydrogen-bond acceptors (Lipinski definition) is 0. The first-order chi connectivity index (χ1) is 7.50. The van der Waals surface area contributed by atoms with E-state index in [1.54, 1.807) is 0 Å². The average Bonchev–Trinajstić information content (AvgIpc) is 2.27. The second-order valence-corrected chi connectivity index (χ2v) is 4.94. The molecular formula is C15H28. The molecule has 0 heteroatoms. The molecule has 88 valence electrons. The highest BCUT2D eigenvalue weighted by Crippen LogP contribution is 2.13. The van der Waals surface area contributed by atoms with E-state index >= 15 is 0 Å². The van der Waals surface area contributed by atoms with Crippen molar-refractivity contribution in [3.8, 4) is 0 Å². The highest BCUT2D eigenvalue weighted by molar-refractivity contribution is 4.81. The summed E-state index contributed by atoms with van der Waals surface area (Å²) in [7, 11) is 0. The molecule has 0 unspecified atom stereocenters. The lowest BCUT2D eigenvalue weighted by Gasteiger charge is -2.01. The van der Waals surface area contributed by atoms with Gasteiger partial charge >= 0.3 is 0 Å². The van der Waals surface area contributed by atoms with Crippen LogP contribution in [0.1, 0.15) is 83.5 Å². The lowest BCUT2D eigenvalue weighted by molar-refractivity contribution is 0.549. The van der Waals surface area contributed by atoms with Crippen molar-refractivity contribution in [2.45, 2.75) is 83.5 Å². The van der Waals surface area contributed by atoms with Crippen LogP contribution in [0.3, 0.4) is 0 Å². The lowest BCUT2D eigenvalue weighted by atomic mass is 10.1. The zero-order valence-corrected chi connectivity index (χ0v) is 10.3. The molecule has 0 fully saturated rings. The summed E-state index contributed by atoms with van der Waals surface area (Å²) in [6.45, 7) is 0. The fourth-order valence-corrected chi connectivity index (χ4v) is 2.35. The van der Waals surface area contributed by atoms with Gasteiger partial charge in [0.25, 0.3) is 0 Å². The Labute approximate surface area is 96.2 Å². The van der Waals surface area contributed by atoms with Gasteiger partial charge in [-0.2, -0.15) is 0 Å². The molecule has 0 aliphatic heterocycles. The largest absolute Gasteiger partial charge is 0.0885 e. The van der Waals surface area contributed by atoms with Gasteiger partial charge in [0.2, 0.25) is 0 Å². The molecule has 0 bridgehead atoms. The Balaban J connectivity index is 2.08. The zero-order chi connectivity index (χ0) is 10.6. The minimum atomic E-state index is 1.32. The van der Waals surface area contributed by atoms with Gasteiger partial charge in [-0.1, -0.05) is 69.9 Å². The van der Waals surface area contributed by atoms with E-state index in [1.807, 2.05) is 0 Å². The second-order valence-electron chi connectivity index (χ2n) is 4.94. The summed E-state index contributed by atoms with van der Waals surface area (Å²) in [5, 5.41) is 0. The molecular weight excluding hydrogens is 180 g/mol. The van der Waals surface area contributed by atoms with E-state index in [0.717, 1.165) is 0 Å². The van der Waals surface area contributed by atoms with Crippen molar-refractivity contribution in [2.75, 3.05) is 0 Å². The highest BCUT2D eigenvalue weighted by Gasteiger charge is 1.93. The molecule has 0 N–H and O–H groups in total. The summed E-state index contributed by atoms with van der Waals surface area (Å²) in [5.74, 6) is 0. The van der Waals surface area contributed by atoms with Crippen LogP contribution in [0.15, 0.2) is 12.2 Å². The third kappa shape index (κ3) is 8.72. The Hall–Kier alpha value is -0.260. The quantitative estimate of drug-likeness (QED) is 0.453. The monoisotopic (exact) mass is 208 g/mol. The van der Waals surface area contributed by atoms with Gasteiger partial charge in [-0.25, -0.2) is 0 Å². The minimum absolute atomic E-state index is 1.32. The van der Waals surface area contributed by atoms with E-state index < -0.39 is 0 Å². The van der Waals surface area contributed by atoms with Gasteiger partial charge in [0.05, 0.1) is 0 Å². The van der Waals surface area contributed by atoms with Crippen LogP contribution in [0.25, 0.3) is 0 Å². The first kappa shape index (κ1) is 12.8. The van der Waals surface area contributed by atoms with Crippen molar-refractivity contribution in [1.82, 2.24) is 0 Å². The maximum atomic E-state index is 2.40. The van der Waals surface area contributed by atoms with Crippen molar-refractivity contribution in [2.24, 2.45) is 0 Å². The summed E-state index contributed by atoms with van der Waals surface area (Å²) in [6.07, 6.45) is 23.5. The molecule has 0 aromatic rings. The molecule has 15 heavy (non-hydrogen) atoms. The summed E-state index contributed by atoms with van der Waals surface area (Å²) in [6, 6.07) is 0. The number of hydrogen-bond donors (Lipinski definition) is 0. The van der Waals surface area contributed by atoms with E-state index in [4.69, 9.17) is 0 Å². The predicted molar refractivity (Wildman–Crippen MR) is 69.2 cm³/mol. The van der Waals surface area contributed by atoms with Crippen molar-refractivity contribution in [1.29, 1.82) is 0 Å². The molecule has 0 nitrogen and oxygen atoms in total. The molecule has 1 aliphatic rings. The van der Waals surface area contributed by atoms with E-state index in [1.165, 1.54) is 83.5 Å². The summed E-state index contributed by atoms with van der Waals surface area (Å²) in [5.41, 5.74) is 0. The Bertz CT molecular complexity index is 130. The molecule has 1 rings (SSSR count). The Kier molecular flexibility index (Phi) is 8.76. The fourth-order valence-electron chi connectivity index (χ4n) is 2.35. The molecule has 0 saturated heterocycles. The first-order valence-corrected chi connectivity index (χ1v) is 7.15. The van der Waals surface area contributed by atoms with E-state index in [0.29, 0.717) is 0 Å². The summed E-state index contributed by atoms with van der Waals surface area (Å²) >= 11 is 0. The lowest BCUT2D eigenvalue weighted by Crippen LogP contribution is -1.81. The topological polar surface area (TPSA) is 0 Å². The maximum Gasteiger partial charge on any atom is -0.0351 e. The van der Waals surface area contributed by atoms with Crippen molar-refractivity contribution in [3.63, 3.8) is 0 Å². The molecule has 0 saturated carbocycles. The van der Waals surface area contributed by atoms with Crippen LogP contribution in [0, 0.1) is 0 Å². The highest BCUT2D eigenvalue weighted by atomic mass is 14.0. The molecule has 0 amide bonds. The van der Waals surface area contributed by atoms with Crippen LogP contribution in [-0.4, -0.2) is 0 Å². The summed E-state index contributed by atoms with van der Waals surface area (Å²) < 4.78 is 0. The van der Waals surface area contributed by atoms with Gasteiger partial charge in [0, 0.05) is 0 Å². The van der Waals surface area contributed by atoms with Crippen molar-refractivity contribution < 1.29 is 0 Å². The second kappa shape index (κ2) is 10.3. The van der Waals surface area contributed by atoms with Gasteiger partial charge in [0.15, 0.2) is 0 Å². The van der Waals surface area contributed by atoms with E-state index in [2.05, 4.69) is 12.2 Å². The van der Waals surface area contributed by atoms with E-state index in [-0.39, 0.29) is 0 Å². The van der Waals surface area contributed by atoms with Crippen LogP contribution in [0.4, 0.5) is 0 Å². The fraction of sp³-hybridized carbons (Fsp3) is 0.867. The van der Waals surface area contributed by atoms with Crippen LogP contribution < -0.4 is 0 Å². The minimum Gasteiger partial charge on any atom is -0.0885 e. The average molecular weight is 208 g/mol. The molecule has 0 aromatic heterocycles.